The molecule has 1 aromatic heterocycles. The highest BCUT2D eigenvalue weighted by atomic mass is 16.1. The molecule has 2 aromatic rings. The van der Waals surface area contributed by atoms with Gasteiger partial charge in [-0.1, -0.05) is 13.8 Å². The van der Waals surface area contributed by atoms with Crippen LogP contribution in [0.15, 0.2) is 36.7 Å². The summed E-state index contributed by atoms with van der Waals surface area (Å²) in [5, 5.41) is 3.02. The normalized spacial score (nSPS) is 14.7. The Morgan fingerprint density at radius 2 is 1.88 bits per heavy atom. The molecule has 1 saturated heterocycles. The van der Waals surface area contributed by atoms with E-state index in [1.807, 2.05) is 24.5 Å². The summed E-state index contributed by atoms with van der Waals surface area (Å²) in [6.45, 7) is 8.09. The number of amides is 1. The van der Waals surface area contributed by atoms with E-state index < -0.39 is 0 Å². The highest BCUT2D eigenvalue weighted by Gasteiger charge is 2.12. The zero-order valence-corrected chi connectivity index (χ0v) is 15.9. The van der Waals surface area contributed by atoms with Crippen molar-refractivity contribution in [2.75, 3.05) is 24.5 Å². The third kappa shape index (κ3) is 4.65. The molecule has 5 heteroatoms. The zero-order valence-electron chi connectivity index (χ0n) is 15.9. The maximum atomic E-state index is 12.3. The highest BCUT2D eigenvalue weighted by Crippen LogP contribution is 2.20. The van der Waals surface area contributed by atoms with Crippen molar-refractivity contribution in [1.82, 2.24) is 14.9 Å². The summed E-state index contributed by atoms with van der Waals surface area (Å²) >= 11 is 0. The van der Waals surface area contributed by atoms with Gasteiger partial charge in [0.1, 0.15) is 5.82 Å². The second-order valence-corrected chi connectivity index (χ2v) is 7.34. The molecule has 3 rings (SSSR count). The average Bonchev–Trinajstić information content (AvgIpc) is 3.15. The summed E-state index contributed by atoms with van der Waals surface area (Å²) in [7, 11) is 0. The number of hydrogen-bond acceptors (Lipinski definition) is 3. The van der Waals surface area contributed by atoms with Gasteiger partial charge in [0.2, 0.25) is 0 Å². The van der Waals surface area contributed by atoms with Gasteiger partial charge in [0.05, 0.1) is 0 Å². The molecule has 1 N–H and O–H groups in total. The summed E-state index contributed by atoms with van der Waals surface area (Å²) in [6, 6.07) is 8.01. The minimum absolute atomic E-state index is 0.00454. The molecule has 26 heavy (non-hydrogen) atoms. The second kappa shape index (κ2) is 8.88. The van der Waals surface area contributed by atoms with Gasteiger partial charge in [-0.05, 0) is 49.9 Å². The molecule has 0 atom stereocenters. The van der Waals surface area contributed by atoms with E-state index in [0.29, 0.717) is 12.5 Å². The molecule has 140 valence electrons. The molecule has 1 aliphatic rings. The van der Waals surface area contributed by atoms with Crippen LogP contribution in [0.5, 0.6) is 0 Å². The smallest absolute Gasteiger partial charge is 0.251 e. The van der Waals surface area contributed by atoms with Crippen molar-refractivity contribution in [1.29, 1.82) is 0 Å². The Kier molecular flexibility index (Phi) is 6.31. The van der Waals surface area contributed by atoms with E-state index in [-0.39, 0.29) is 5.91 Å². The van der Waals surface area contributed by atoms with E-state index in [1.165, 1.54) is 24.9 Å². The fourth-order valence-electron chi connectivity index (χ4n) is 3.54. The fourth-order valence-corrected chi connectivity index (χ4v) is 3.54. The van der Waals surface area contributed by atoms with Crippen LogP contribution in [-0.4, -0.2) is 35.1 Å². The molecule has 1 aliphatic heterocycles. The van der Waals surface area contributed by atoms with Crippen molar-refractivity contribution in [3.63, 3.8) is 0 Å². The van der Waals surface area contributed by atoms with E-state index in [9.17, 15) is 4.79 Å². The van der Waals surface area contributed by atoms with Gasteiger partial charge in [-0.3, -0.25) is 4.79 Å². The topological polar surface area (TPSA) is 50.2 Å². The molecular formula is C21H30N4O. The van der Waals surface area contributed by atoms with E-state index in [1.54, 1.807) is 0 Å². The minimum Gasteiger partial charge on any atom is -0.372 e. The second-order valence-electron chi connectivity index (χ2n) is 7.34. The van der Waals surface area contributed by atoms with Crippen molar-refractivity contribution in [2.24, 2.45) is 0 Å². The largest absolute Gasteiger partial charge is 0.372 e. The Labute approximate surface area is 156 Å². The van der Waals surface area contributed by atoms with Crippen LogP contribution in [-0.2, 0) is 6.54 Å². The van der Waals surface area contributed by atoms with Crippen molar-refractivity contribution in [2.45, 2.75) is 52.0 Å². The molecule has 2 heterocycles. The lowest BCUT2D eigenvalue weighted by Gasteiger charge is -2.28. The first-order valence-electron chi connectivity index (χ1n) is 9.79. The predicted octanol–water partition coefficient (Wildman–Crippen LogP) is 3.82. The third-order valence-corrected chi connectivity index (χ3v) is 4.98. The summed E-state index contributed by atoms with van der Waals surface area (Å²) in [6.07, 6.45) is 8.60. The number of carbonyl (C=O) groups is 1. The Morgan fingerprint density at radius 3 is 2.58 bits per heavy atom. The number of hydrogen-bond donors (Lipinski definition) is 1. The molecule has 0 bridgehead atoms. The molecule has 0 saturated carbocycles. The lowest BCUT2D eigenvalue weighted by Crippen LogP contribution is -2.29. The fraction of sp³-hybridized carbons (Fsp3) is 0.524. The Bertz CT molecular complexity index is 699. The molecule has 0 aliphatic carbocycles. The Balaban J connectivity index is 1.45. The summed E-state index contributed by atoms with van der Waals surface area (Å²) in [5.74, 6) is 1.52. The Morgan fingerprint density at radius 1 is 1.15 bits per heavy atom. The summed E-state index contributed by atoms with van der Waals surface area (Å²) in [4.78, 5) is 19.1. The van der Waals surface area contributed by atoms with Gasteiger partial charge in [0.15, 0.2) is 0 Å². The van der Waals surface area contributed by atoms with Gasteiger partial charge in [-0.15, -0.1) is 0 Å². The van der Waals surface area contributed by atoms with E-state index in [4.69, 9.17) is 0 Å². The average molecular weight is 354 g/mol. The van der Waals surface area contributed by atoms with Gasteiger partial charge in [-0.25, -0.2) is 4.98 Å². The van der Waals surface area contributed by atoms with Crippen LogP contribution in [0.3, 0.4) is 0 Å². The number of aromatic nitrogens is 2. The molecule has 5 nitrogen and oxygen atoms in total. The van der Waals surface area contributed by atoms with Crippen molar-refractivity contribution >= 4 is 11.6 Å². The molecule has 1 fully saturated rings. The number of carbonyl (C=O) groups excluding carboxylic acids is 1. The Hall–Kier alpha value is -2.30. The maximum absolute atomic E-state index is 12.3. The van der Waals surface area contributed by atoms with Gasteiger partial charge in [0.25, 0.3) is 5.91 Å². The van der Waals surface area contributed by atoms with Crippen LogP contribution in [0.2, 0.25) is 0 Å². The van der Waals surface area contributed by atoms with Crippen LogP contribution in [0.25, 0.3) is 0 Å². The third-order valence-electron chi connectivity index (χ3n) is 4.98. The molecule has 1 aromatic carbocycles. The van der Waals surface area contributed by atoms with Crippen LogP contribution in [0.4, 0.5) is 5.69 Å². The van der Waals surface area contributed by atoms with Crippen molar-refractivity contribution in [3.05, 3.63) is 48.0 Å². The number of piperidine rings is 1. The minimum atomic E-state index is 0.00454. The van der Waals surface area contributed by atoms with Gasteiger partial charge in [-0.2, -0.15) is 0 Å². The van der Waals surface area contributed by atoms with E-state index in [0.717, 1.165) is 37.4 Å². The lowest BCUT2D eigenvalue weighted by atomic mass is 10.1. The first-order valence-corrected chi connectivity index (χ1v) is 9.79. The number of benzene rings is 1. The number of nitrogens with zero attached hydrogens (tertiary/aromatic N) is 3. The number of anilines is 1. The number of aryl methyl sites for hydroxylation is 1. The molecule has 0 radical (unpaired) electrons. The van der Waals surface area contributed by atoms with Crippen LogP contribution in [0.1, 0.15) is 61.6 Å². The predicted molar refractivity (Wildman–Crippen MR) is 106 cm³/mol. The van der Waals surface area contributed by atoms with Gasteiger partial charge in [0, 0.05) is 55.7 Å². The molecule has 0 spiro atoms. The van der Waals surface area contributed by atoms with Crippen LogP contribution >= 0.6 is 0 Å². The van der Waals surface area contributed by atoms with Crippen molar-refractivity contribution < 1.29 is 4.79 Å². The van der Waals surface area contributed by atoms with Crippen LogP contribution < -0.4 is 10.2 Å². The first-order chi connectivity index (χ1) is 12.6. The summed E-state index contributed by atoms with van der Waals surface area (Å²) < 4.78 is 2.17. The zero-order chi connectivity index (χ0) is 18.4. The van der Waals surface area contributed by atoms with Gasteiger partial charge < -0.3 is 14.8 Å². The van der Waals surface area contributed by atoms with Crippen molar-refractivity contribution in [3.8, 4) is 0 Å². The van der Waals surface area contributed by atoms with Gasteiger partial charge >= 0.3 is 0 Å². The highest BCUT2D eigenvalue weighted by molar-refractivity contribution is 5.94. The van der Waals surface area contributed by atoms with E-state index in [2.05, 4.69) is 45.7 Å². The lowest BCUT2D eigenvalue weighted by molar-refractivity contribution is 0.0952. The quantitative estimate of drug-likeness (QED) is 0.769. The summed E-state index contributed by atoms with van der Waals surface area (Å²) in [5.41, 5.74) is 1.96. The number of imidazole rings is 1. The molecule has 1 amide bonds. The number of rotatable bonds is 7. The first kappa shape index (κ1) is 18.5. The van der Waals surface area contributed by atoms with Crippen LogP contribution in [0, 0.1) is 0 Å². The SMILES string of the molecule is CC(C)c1nccn1CCCNC(=O)c1ccc(N2CCCCC2)cc1. The maximum Gasteiger partial charge on any atom is 0.251 e. The monoisotopic (exact) mass is 354 g/mol. The van der Waals surface area contributed by atoms with E-state index >= 15 is 0 Å². The molecule has 0 unspecified atom stereocenters. The molecular weight excluding hydrogens is 324 g/mol. The standard InChI is InChI=1S/C21H30N4O/c1-17(2)20-22-12-16-25(20)15-6-11-23-21(26)18-7-9-19(10-8-18)24-13-4-3-5-14-24/h7-10,12,16-17H,3-6,11,13-15H2,1-2H3,(H,23,26). The number of nitrogens with one attached hydrogen (secondary N) is 1.